The molecule has 1 N–H and O–H groups in total. The number of nitrogens with zero attached hydrogens (tertiary/aromatic N) is 3. The summed E-state index contributed by atoms with van der Waals surface area (Å²) in [4.78, 5) is 21.7. The SMILES string of the molecule is Cc1nc2c(N(C)CC(=O)O)ccnc2s1. The van der Waals surface area contributed by atoms with Crippen LogP contribution in [0.25, 0.3) is 10.3 Å². The molecule has 0 saturated carbocycles. The summed E-state index contributed by atoms with van der Waals surface area (Å²) < 4.78 is 0. The average molecular weight is 237 g/mol. The fourth-order valence-electron chi connectivity index (χ4n) is 1.52. The molecule has 0 aliphatic heterocycles. The zero-order chi connectivity index (χ0) is 11.7. The molecular formula is C10H11N3O2S. The molecule has 0 aromatic carbocycles. The molecule has 5 nitrogen and oxygen atoms in total. The van der Waals surface area contributed by atoms with Gasteiger partial charge < -0.3 is 10.0 Å². The third-order valence-electron chi connectivity index (χ3n) is 2.17. The molecule has 0 amide bonds. The summed E-state index contributed by atoms with van der Waals surface area (Å²) in [7, 11) is 1.73. The topological polar surface area (TPSA) is 66.3 Å². The summed E-state index contributed by atoms with van der Waals surface area (Å²) in [6.07, 6.45) is 1.67. The first-order valence-electron chi connectivity index (χ1n) is 4.73. The van der Waals surface area contributed by atoms with Crippen molar-refractivity contribution in [1.82, 2.24) is 9.97 Å². The first-order valence-corrected chi connectivity index (χ1v) is 5.54. The number of carboxylic acids is 1. The van der Waals surface area contributed by atoms with Gasteiger partial charge in [0.25, 0.3) is 0 Å². The first-order chi connectivity index (χ1) is 7.58. The standard InChI is InChI=1S/C10H11N3O2S/c1-6-12-9-7(13(2)5-8(14)15)3-4-11-10(9)16-6/h3-4H,5H2,1-2H3,(H,14,15). The maximum atomic E-state index is 10.6. The molecule has 0 atom stereocenters. The molecule has 84 valence electrons. The van der Waals surface area contributed by atoms with Crippen molar-refractivity contribution in [2.24, 2.45) is 0 Å². The van der Waals surface area contributed by atoms with Crippen molar-refractivity contribution < 1.29 is 9.90 Å². The van der Waals surface area contributed by atoms with Crippen LogP contribution in [-0.4, -0.2) is 34.6 Å². The zero-order valence-corrected chi connectivity index (χ0v) is 9.78. The van der Waals surface area contributed by atoms with Gasteiger partial charge in [-0.05, 0) is 13.0 Å². The molecule has 0 unspecified atom stereocenters. The number of likely N-dealkylation sites (N-methyl/N-ethyl adjacent to an activating group) is 1. The minimum Gasteiger partial charge on any atom is -0.480 e. The van der Waals surface area contributed by atoms with E-state index in [0.29, 0.717) is 0 Å². The lowest BCUT2D eigenvalue weighted by Gasteiger charge is -2.16. The number of carbonyl (C=O) groups is 1. The van der Waals surface area contributed by atoms with Crippen LogP contribution in [-0.2, 0) is 4.79 Å². The number of anilines is 1. The Morgan fingerprint density at radius 2 is 2.38 bits per heavy atom. The normalized spacial score (nSPS) is 10.6. The lowest BCUT2D eigenvalue weighted by atomic mass is 10.3. The number of aryl methyl sites for hydroxylation is 1. The molecule has 2 rings (SSSR count). The lowest BCUT2D eigenvalue weighted by Crippen LogP contribution is -2.25. The van der Waals surface area contributed by atoms with Gasteiger partial charge in [-0.3, -0.25) is 4.79 Å². The van der Waals surface area contributed by atoms with E-state index in [1.807, 2.05) is 6.92 Å². The third-order valence-corrected chi connectivity index (χ3v) is 3.05. The number of hydrogen-bond donors (Lipinski definition) is 1. The zero-order valence-electron chi connectivity index (χ0n) is 8.97. The van der Waals surface area contributed by atoms with Crippen molar-refractivity contribution in [2.75, 3.05) is 18.5 Å². The van der Waals surface area contributed by atoms with Crippen LogP contribution in [0.4, 0.5) is 5.69 Å². The molecule has 16 heavy (non-hydrogen) atoms. The first kappa shape index (κ1) is 10.8. The Labute approximate surface area is 96.4 Å². The summed E-state index contributed by atoms with van der Waals surface area (Å²) >= 11 is 1.51. The summed E-state index contributed by atoms with van der Waals surface area (Å²) in [5.74, 6) is -0.862. The van der Waals surface area contributed by atoms with Gasteiger partial charge in [0.1, 0.15) is 16.9 Å². The van der Waals surface area contributed by atoms with Gasteiger partial charge in [-0.2, -0.15) is 0 Å². The van der Waals surface area contributed by atoms with Crippen LogP contribution in [0.1, 0.15) is 5.01 Å². The molecule has 0 fully saturated rings. The van der Waals surface area contributed by atoms with Crippen molar-refractivity contribution in [2.45, 2.75) is 6.92 Å². The van der Waals surface area contributed by atoms with Crippen LogP contribution in [0, 0.1) is 6.92 Å². The molecule has 0 spiro atoms. The van der Waals surface area contributed by atoms with Gasteiger partial charge in [0.15, 0.2) is 0 Å². The van der Waals surface area contributed by atoms with Gasteiger partial charge in [0, 0.05) is 13.2 Å². The van der Waals surface area contributed by atoms with E-state index in [-0.39, 0.29) is 6.54 Å². The number of pyridine rings is 1. The number of fused-ring (bicyclic) bond motifs is 1. The number of aliphatic carboxylic acids is 1. The van der Waals surface area contributed by atoms with E-state index >= 15 is 0 Å². The lowest BCUT2D eigenvalue weighted by molar-refractivity contribution is -0.135. The summed E-state index contributed by atoms with van der Waals surface area (Å²) in [6.45, 7) is 1.86. The molecule has 2 aromatic heterocycles. The van der Waals surface area contributed by atoms with Crippen LogP contribution in [0.2, 0.25) is 0 Å². The Morgan fingerprint density at radius 3 is 3.06 bits per heavy atom. The third kappa shape index (κ3) is 1.96. The van der Waals surface area contributed by atoms with Crippen LogP contribution < -0.4 is 4.90 Å². The van der Waals surface area contributed by atoms with E-state index in [4.69, 9.17) is 5.11 Å². The minimum atomic E-state index is -0.862. The van der Waals surface area contributed by atoms with Gasteiger partial charge in [-0.15, -0.1) is 0 Å². The van der Waals surface area contributed by atoms with Crippen molar-refractivity contribution in [3.63, 3.8) is 0 Å². The van der Waals surface area contributed by atoms with Crippen LogP contribution >= 0.6 is 11.3 Å². The molecule has 0 radical (unpaired) electrons. The number of carboxylic acid groups (broad SMARTS) is 1. The van der Waals surface area contributed by atoms with Crippen molar-refractivity contribution in [3.05, 3.63) is 17.3 Å². The van der Waals surface area contributed by atoms with Gasteiger partial charge in [0.05, 0.1) is 10.7 Å². The fourth-order valence-corrected chi connectivity index (χ4v) is 2.30. The molecule has 0 bridgehead atoms. The molecule has 2 heterocycles. The monoisotopic (exact) mass is 237 g/mol. The Balaban J connectivity index is 2.47. The van der Waals surface area contributed by atoms with Crippen LogP contribution in [0.3, 0.4) is 0 Å². The summed E-state index contributed by atoms with van der Waals surface area (Å²) in [5, 5.41) is 9.68. The van der Waals surface area contributed by atoms with E-state index in [2.05, 4.69) is 9.97 Å². The second kappa shape index (κ2) is 4.05. The minimum absolute atomic E-state index is 0.0459. The Hall–Kier alpha value is -1.69. The Kier molecular flexibility index (Phi) is 2.74. The van der Waals surface area contributed by atoms with E-state index < -0.39 is 5.97 Å². The number of thiazole rings is 1. The van der Waals surface area contributed by atoms with E-state index in [1.54, 1.807) is 24.2 Å². The molecule has 0 aliphatic rings. The highest BCUT2D eigenvalue weighted by Crippen LogP contribution is 2.27. The van der Waals surface area contributed by atoms with Gasteiger partial charge in [-0.25, -0.2) is 9.97 Å². The summed E-state index contributed by atoms with van der Waals surface area (Å²) in [6, 6.07) is 1.78. The predicted molar refractivity (Wildman–Crippen MR) is 63.1 cm³/mol. The highest BCUT2D eigenvalue weighted by molar-refractivity contribution is 7.18. The van der Waals surface area contributed by atoms with Gasteiger partial charge >= 0.3 is 5.97 Å². The molecule has 6 heteroatoms. The van der Waals surface area contributed by atoms with Crippen molar-refractivity contribution in [1.29, 1.82) is 0 Å². The largest absolute Gasteiger partial charge is 0.480 e. The second-order valence-corrected chi connectivity index (χ2v) is 4.65. The molecule has 0 saturated heterocycles. The maximum Gasteiger partial charge on any atom is 0.323 e. The molecular weight excluding hydrogens is 226 g/mol. The smallest absolute Gasteiger partial charge is 0.323 e. The second-order valence-electron chi connectivity index (χ2n) is 3.47. The number of aromatic nitrogens is 2. The number of rotatable bonds is 3. The maximum absolute atomic E-state index is 10.6. The highest BCUT2D eigenvalue weighted by atomic mass is 32.1. The van der Waals surface area contributed by atoms with Crippen LogP contribution in [0.15, 0.2) is 12.3 Å². The average Bonchev–Trinajstić information content (AvgIpc) is 2.55. The fraction of sp³-hybridized carbons (Fsp3) is 0.300. The Bertz CT molecular complexity index is 538. The van der Waals surface area contributed by atoms with E-state index in [1.165, 1.54) is 11.3 Å². The Morgan fingerprint density at radius 1 is 1.62 bits per heavy atom. The van der Waals surface area contributed by atoms with Crippen LogP contribution in [0.5, 0.6) is 0 Å². The number of hydrogen-bond acceptors (Lipinski definition) is 5. The predicted octanol–water partition coefficient (Wildman–Crippen LogP) is 1.52. The van der Waals surface area contributed by atoms with Gasteiger partial charge in [0.2, 0.25) is 0 Å². The van der Waals surface area contributed by atoms with Gasteiger partial charge in [-0.1, -0.05) is 11.3 Å². The van der Waals surface area contributed by atoms with Crippen molar-refractivity contribution >= 4 is 33.3 Å². The quantitative estimate of drug-likeness (QED) is 0.876. The molecule has 0 aliphatic carbocycles. The van der Waals surface area contributed by atoms with Crippen molar-refractivity contribution in [3.8, 4) is 0 Å². The van der Waals surface area contributed by atoms with E-state index in [9.17, 15) is 4.79 Å². The molecule has 2 aromatic rings. The van der Waals surface area contributed by atoms with E-state index in [0.717, 1.165) is 21.0 Å². The highest BCUT2D eigenvalue weighted by Gasteiger charge is 2.12. The summed E-state index contributed by atoms with van der Waals surface area (Å²) in [5.41, 5.74) is 1.57.